The van der Waals surface area contributed by atoms with E-state index < -0.39 is 17.2 Å². The molecule has 0 amide bonds. The summed E-state index contributed by atoms with van der Waals surface area (Å²) < 4.78 is 37.0. The van der Waals surface area contributed by atoms with Gasteiger partial charge in [0.05, 0.1) is 0 Å². The van der Waals surface area contributed by atoms with E-state index in [1.807, 2.05) is 0 Å². The smallest absolute Gasteiger partial charge is 0.201 e. The van der Waals surface area contributed by atoms with Crippen molar-refractivity contribution < 1.29 is 18.3 Å². The summed E-state index contributed by atoms with van der Waals surface area (Å²) in [6.45, 7) is 1.96. The highest BCUT2D eigenvalue weighted by molar-refractivity contribution is 5.44. The van der Waals surface area contributed by atoms with Gasteiger partial charge in [0, 0.05) is 6.54 Å². The Kier molecular flexibility index (Phi) is 2.26. The number of nitrogens with two attached hydrogens (primary N) is 1. The van der Waals surface area contributed by atoms with Gasteiger partial charge in [0.25, 0.3) is 0 Å². The van der Waals surface area contributed by atoms with Crippen LogP contribution in [0.25, 0.3) is 0 Å². The van der Waals surface area contributed by atoms with Gasteiger partial charge >= 0.3 is 0 Å². The average molecular weight is 215 g/mol. The SMILES string of the molecule is C[C@@]1(CN)COc2c(F)ccc(F)c2O1. The molecule has 0 spiro atoms. The van der Waals surface area contributed by atoms with Gasteiger partial charge in [-0.3, -0.25) is 0 Å². The molecular formula is C10H11F2NO2. The van der Waals surface area contributed by atoms with Gasteiger partial charge in [-0.2, -0.15) is 0 Å². The minimum Gasteiger partial charge on any atom is -0.483 e. The van der Waals surface area contributed by atoms with E-state index >= 15 is 0 Å². The molecule has 2 rings (SSSR count). The van der Waals surface area contributed by atoms with Crippen molar-refractivity contribution in [1.29, 1.82) is 0 Å². The standard InChI is InChI=1S/C10H11F2NO2/c1-10(4-13)5-14-8-6(11)2-3-7(12)9(8)15-10/h2-3H,4-5,13H2,1H3/t10-/m1/s1. The van der Waals surface area contributed by atoms with Crippen molar-refractivity contribution in [2.75, 3.05) is 13.2 Å². The molecule has 0 radical (unpaired) electrons. The zero-order chi connectivity index (χ0) is 11.1. The largest absolute Gasteiger partial charge is 0.483 e. The molecule has 1 aromatic carbocycles. The predicted octanol–water partition coefficient (Wildman–Crippen LogP) is 1.45. The molecule has 5 heteroatoms. The van der Waals surface area contributed by atoms with E-state index in [-0.39, 0.29) is 24.7 Å². The number of halogens is 2. The molecule has 3 nitrogen and oxygen atoms in total. The first-order valence-corrected chi connectivity index (χ1v) is 4.56. The van der Waals surface area contributed by atoms with E-state index in [1.54, 1.807) is 6.92 Å². The summed E-state index contributed by atoms with van der Waals surface area (Å²) in [5.74, 6) is -1.66. The Morgan fingerprint density at radius 2 is 1.93 bits per heavy atom. The second kappa shape index (κ2) is 3.34. The van der Waals surface area contributed by atoms with Gasteiger partial charge in [-0.25, -0.2) is 8.78 Å². The highest BCUT2D eigenvalue weighted by Crippen LogP contribution is 2.39. The van der Waals surface area contributed by atoms with Gasteiger partial charge in [0.1, 0.15) is 6.61 Å². The van der Waals surface area contributed by atoms with E-state index in [2.05, 4.69) is 0 Å². The zero-order valence-electron chi connectivity index (χ0n) is 8.22. The number of rotatable bonds is 1. The third-order valence-electron chi connectivity index (χ3n) is 2.32. The Balaban J connectivity index is 2.45. The molecule has 1 heterocycles. The molecular weight excluding hydrogens is 204 g/mol. The van der Waals surface area contributed by atoms with Crippen molar-refractivity contribution in [2.45, 2.75) is 12.5 Å². The molecule has 0 aliphatic carbocycles. The molecule has 82 valence electrons. The topological polar surface area (TPSA) is 44.5 Å². The van der Waals surface area contributed by atoms with Crippen LogP contribution in [0.15, 0.2) is 12.1 Å². The Bertz CT molecular complexity index is 397. The van der Waals surface area contributed by atoms with Crippen LogP contribution in [0, 0.1) is 11.6 Å². The fraction of sp³-hybridized carbons (Fsp3) is 0.400. The first-order valence-electron chi connectivity index (χ1n) is 4.56. The van der Waals surface area contributed by atoms with Gasteiger partial charge < -0.3 is 15.2 Å². The lowest BCUT2D eigenvalue weighted by atomic mass is 10.1. The van der Waals surface area contributed by atoms with Crippen molar-refractivity contribution in [3.63, 3.8) is 0 Å². The van der Waals surface area contributed by atoms with Crippen LogP contribution < -0.4 is 15.2 Å². The van der Waals surface area contributed by atoms with Gasteiger partial charge in [0.2, 0.25) is 5.75 Å². The van der Waals surface area contributed by atoms with E-state index in [1.165, 1.54) is 0 Å². The van der Waals surface area contributed by atoms with Gasteiger partial charge in [-0.15, -0.1) is 0 Å². The van der Waals surface area contributed by atoms with Gasteiger partial charge in [0.15, 0.2) is 23.0 Å². The summed E-state index contributed by atoms with van der Waals surface area (Å²) >= 11 is 0. The van der Waals surface area contributed by atoms with Crippen LogP contribution in [0.5, 0.6) is 11.5 Å². The lowest BCUT2D eigenvalue weighted by Gasteiger charge is -2.34. The lowest BCUT2D eigenvalue weighted by molar-refractivity contribution is 0.00662. The minimum absolute atomic E-state index is 0.108. The molecule has 1 aromatic rings. The van der Waals surface area contributed by atoms with Crippen LogP contribution in [-0.4, -0.2) is 18.8 Å². The third-order valence-corrected chi connectivity index (χ3v) is 2.32. The highest BCUT2D eigenvalue weighted by atomic mass is 19.1. The molecule has 0 bridgehead atoms. The summed E-state index contributed by atoms with van der Waals surface area (Å²) in [4.78, 5) is 0. The maximum Gasteiger partial charge on any atom is 0.201 e. The average Bonchev–Trinajstić information content (AvgIpc) is 2.24. The summed E-state index contributed by atoms with van der Waals surface area (Å²) in [5.41, 5.74) is 4.66. The van der Waals surface area contributed by atoms with E-state index in [0.717, 1.165) is 12.1 Å². The Morgan fingerprint density at radius 1 is 1.33 bits per heavy atom. The highest BCUT2D eigenvalue weighted by Gasteiger charge is 2.35. The Hall–Kier alpha value is -1.36. The van der Waals surface area contributed by atoms with Crippen LogP contribution in [0.1, 0.15) is 6.92 Å². The van der Waals surface area contributed by atoms with E-state index in [9.17, 15) is 8.78 Å². The molecule has 0 saturated heterocycles. The van der Waals surface area contributed by atoms with E-state index in [4.69, 9.17) is 15.2 Å². The third kappa shape index (κ3) is 1.63. The van der Waals surface area contributed by atoms with Crippen molar-refractivity contribution in [1.82, 2.24) is 0 Å². The van der Waals surface area contributed by atoms with Crippen LogP contribution in [-0.2, 0) is 0 Å². The second-order valence-corrected chi connectivity index (χ2v) is 3.73. The van der Waals surface area contributed by atoms with Crippen LogP contribution in [0.2, 0.25) is 0 Å². The molecule has 1 atom stereocenters. The quantitative estimate of drug-likeness (QED) is 0.771. The molecule has 0 aromatic heterocycles. The number of hydrogen-bond acceptors (Lipinski definition) is 3. The minimum atomic E-state index is -0.804. The summed E-state index contributed by atoms with van der Waals surface area (Å²) in [7, 11) is 0. The van der Waals surface area contributed by atoms with Crippen LogP contribution in [0.3, 0.4) is 0 Å². The molecule has 0 unspecified atom stereocenters. The normalized spacial score (nSPS) is 24.0. The Morgan fingerprint density at radius 3 is 2.53 bits per heavy atom. The number of fused-ring (bicyclic) bond motifs is 1. The van der Waals surface area contributed by atoms with Gasteiger partial charge in [-0.05, 0) is 19.1 Å². The Labute approximate surface area is 85.8 Å². The molecule has 1 aliphatic heterocycles. The van der Waals surface area contributed by atoms with Crippen molar-refractivity contribution in [3.8, 4) is 11.5 Å². The predicted molar refractivity (Wildman–Crippen MR) is 49.9 cm³/mol. The molecule has 1 aliphatic rings. The fourth-order valence-electron chi connectivity index (χ4n) is 1.35. The molecule has 0 fully saturated rings. The maximum atomic E-state index is 13.3. The number of ether oxygens (including phenoxy) is 2. The van der Waals surface area contributed by atoms with Crippen LogP contribution in [0.4, 0.5) is 8.78 Å². The summed E-state index contributed by atoms with van der Waals surface area (Å²) in [5, 5.41) is 0. The maximum absolute atomic E-state index is 13.3. The summed E-state index contributed by atoms with van der Waals surface area (Å²) in [6.07, 6.45) is 0. The number of benzene rings is 1. The summed E-state index contributed by atoms with van der Waals surface area (Å²) in [6, 6.07) is 2.00. The first-order chi connectivity index (χ1) is 7.06. The van der Waals surface area contributed by atoms with E-state index in [0.29, 0.717) is 0 Å². The number of hydrogen-bond donors (Lipinski definition) is 1. The van der Waals surface area contributed by atoms with Crippen LogP contribution >= 0.6 is 0 Å². The molecule has 0 saturated carbocycles. The molecule has 15 heavy (non-hydrogen) atoms. The fourth-order valence-corrected chi connectivity index (χ4v) is 1.35. The van der Waals surface area contributed by atoms with Crippen molar-refractivity contribution in [3.05, 3.63) is 23.8 Å². The first kappa shape index (κ1) is 10.2. The monoisotopic (exact) mass is 215 g/mol. The van der Waals surface area contributed by atoms with Gasteiger partial charge in [-0.1, -0.05) is 0 Å². The van der Waals surface area contributed by atoms with Crippen molar-refractivity contribution >= 4 is 0 Å². The lowest BCUT2D eigenvalue weighted by Crippen LogP contribution is -2.48. The molecule has 2 N–H and O–H groups in total. The second-order valence-electron chi connectivity index (χ2n) is 3.73. The van der Waals surface area contributed by atoms with Crippen molar-refractivity contribution in [2.24, 2.45) is 5.73 Å². The zero-order valence-corrected chi connectivity index (χ0v) is 8.22.